The molecule has 0 aromatic carbocycles. The van der Waals surface area contributed by atoms with Gasteiger partial charge in [0.1, 0.15) is 0 Å². The van der Waals surface area contributed by atoms with Crippen molar-refractivity contribution in [2.24, 2.45) is 5.92 Å². The van der Waals surface area contributed by atoms with Crippen molar-refractivity contribution in [3.05, 3.63) is 18.0 Å². The lowest BCUT2D eigenvalue weighted by Crippen LogP contribution is -2.51. The zero-order chi connectivity index (χ0) is 9.97. The highest BCUT2D eigenvalue weighted by atomic mass is 16.2. The highest BCUT2D eigenvalue weighted by molar-refractivity contribution is 5.80. The van der Waals surface area contributed by atoms with Gasteiger partial charge in [-0.2, -0.15) is 5.10 Å². The Bertz CT molecular complexity index is 305. The third-order valence-corrected chi connectivity index (χ3v) is 2.50. The van der Waals surface area contributed by atoms with E-state index in [0.29, 0.717) is 0 Å². The van der Waals surface area contributed by atoms with Gasteiger partial charge in [-0.15, -0.1) is 0 Å². The molecule has 1 aromatic heterocycles. The lowest BCUT2D eigenvalue weighted by Gasteiger charge is -2.27. The van der Waals surface area contributed by atoms with Crippen LogP contribution in [0, 0.1) is 5.92 Å². The van der Waals surface area contributed by atoms with Crippen molar-refractivity contribution in [3.63, 3.8) is 0 Å². The van der Waals surface area contributed by atoms with Gasteiger partial charge in [0, 0.05) is 19.3 Å². The molecule has 0 radical (unpaired) electrons. The minimum Gasteiger partial charge on any atom is -0.348 e. The SMILES string of the molecule is CC(NC(=O)C1CNC1)c1ccn[nH]1. The molecule has 3 N–H and O–H groups in total. The molecular formula is C9H14N4O. The highest BCUT2D eigenvalue weighted by Crippen LogP contribution is 2.10. The van der Waals surface area contributed by atoms with E-state index in [1.54, 1.807) is 6.20 Å². The highest BCUT2D eigenvalue weighted by Gasteiger charge is 2.25. The summed E-state index contributed by atoms with van der Waals surface area (Å²) in [5.74, 6) is 0.256. The van der Waals surface area contributed by atoms with E-state index in [4.69, 9.17) is 0 Å². The Balaban J connectivity index is 1.87. The van der Waals surface area contributed by atoms with Gasteiger partial charge >= 0.3 is 0 Å². The Labute approximate surface area is 82.3 Å². The van der Waals surface area contributed by atoms with Gasteiger partial charge in [-0.3, -0.25) is 9.89 Å². The van der Waals surface area contributed by atoms with Gasteiger partial charge in [-0.1, -0.05) is 0 Å². The largest absolute Gasteiger partial charge is 0.348 e. The fraction of sp³-hybridized carbons (Fsp3) is 0.556. The van der Waals surface area contributed by atoms with Gasteiger partial charge in [0.25, 0.3) is 0 Å². The van der Waals surface area contributed by atoms with Crippen molar-refractivity contribution in [1.29, 1.82) is 0 Å². The molecule has 1 aliphatic rings. The van der Waals surface area contributed by atoms with E-state index in [2.05, 4.69) is 20.8 Å². The molecule has 1 unspecified atom stereocenters. The van der Waals surface area contributed by atoms with Crippen LogP contribution in [0.15, 0.2) is 12.3 Å². The molecule has 0 bridgehead atoms. The average Bonchev–Trinajstić information content (AvgIpc) is 2.51. The van der Waals surface area contributed by atoms with E-state index in [9.17, 15) is 4.79 Å². The van der Waals surface area contributed by atoms with Crippen LogP contribution in [0.1, 0.15) is 18.7 Å². The Hall–Kier alpha value is -1.36. The monoisotopic (exact) mass is 194 g/mol. The molecule has 0 aliphatic carbocycles. The molecule has 1 aliphatic heterocycles. The lowest BCUT2D eigenvalue weighted by atomic mass is 10.0. The van der Waals surface area contributed by atoms with Crippen LogP contribution in [0.25, 0.3) is 0 Å². The Kier molecular flexibility index (Phi) is 2.49. The zero-order valence-corrected chi connectivity index (χ0v) is 8.08. The number of aromatic amines is 1. The summed E-state index contributed by atoms with van der Waals surface area (Å²) in [6, 6.07) is 1.87. The molecule has 1 aromatic rings. The standard InChI is InChI=1S/C9H14N4O/c1-6(8-2-3-11-13-8)12-9(14)7-4-10-5-7/h2-3,6-7,10H,4-5H2,1H3,(H,11,13)(H,12,14). The number of rotatable bonds is 3. The first-order chi connectivity index (χ1) is 6.77. The summed E-state index contributed by atoms with van der Waals surface area (Å²) in [6.07, 6.45) is 1.68. The minimum absolute atomic E-state index is 0.00519. The van der Waals surface area contributed by atoms with Crippen LogP contribution >= 0.6 is 0 Å². The molecule has 1 fully saturated rings. The van der Waals surface area contributed by atoms with Crippen LogP contribution in [0.3, 0.4) is 0 Å². The molecular weight excluding hydrogens is 180 g/mol. The lowest BCUT2D eigenvalue weighted by molar-refractivity contribution is -0.127. The normalized spacial score (nSPS) is 18.6. The van der Waals surface area contributed by atoms with Crippen LogP contribution in [-0.2, 0) is 4.79 Å². The molecule has 5 nitrogen and oxygen atoms in total. The second-order valence-corrected chi connectivity index (χ2v) is 3.60. The van der Waals surface area contributed by atoms with Crippen LogP contribution in [0.5, 0.6) is 0 Å². The first-order valence-corrected chi connectivity index (χ1v) is 4.77. The molecule has 76 valence electrons. The molecule has 0 spiro atoms. The summed E-state index contributed by atoms with van der Waals surface area (Å²) in [7, 11) is 0. The average molecular weight is 194 g/mol. The van der Waals surface area contributed by atoms with Crippen molar-refractivity contribution in [1.82, 2.24) is 20.8 Å². The third kappa shape index (κ3) is 1.77. The van der Waals surface area contributed by atoms with Crippen LogP contribution in [0.2, 0.25) is 0 Å². The van der Waals surface area contributed by atoms with Gasteiger partial charge < -0.3 is 10.6 Å². The number of carbonyl (C=O) groups is 1. The molecule has 1 amide bonds. The van der Waals surface area contributed by atoms with Crippen molar-refractivity contribution in [2.75, 3.05) is 13.1 Å². The number of aromatic nitrogens is 2. The molecule has 0 saturated carbocycles. The van der Waals surface area contributed by atoms with Crippen LogP contribution in [0.4, 0.5) is 0 Å². The molecule has 1 atom stereocenters. The molecule has 2 rings (SSSR count). The molecule has 1 saturated heterocycles. The summed E-state index contributed by atoms with van der Waals surface area (Å²) in [4.78, 5) is 11.5. The summed E-state index contributed by atoms with van der Waals surface area (Å²) in [5, 5.41) is 12.7. The summed E-state index contributed by atoms with van der Waals surface area (Å²) >= 11 is 0. The van der Waals surface area contributed by atoms with E-state index in [-0.39, 0.29) is 17.9 Å². The topological polar surface area (TPSA) is 69.8 Å². The van der Waals surface area contributed by atoms with Gasteiger partial charge in [0.15, 0.2) is 0 Å². The number of amides is 1. The minimum atomic E-state index is 0.00519. The first kappa shape index (κ1) is 9.21. The molecule has 5 heteroatoms. The first-order valence-electron chi connectivity index (χ1n) is 4.77. The van der Waals surface area contributed by atoms with Crippen molar-refractivity contribution >= 4 is 5.91 Å². The Morgan fingerprint density at radius 2 is 2.50 bits per heavy atom. The maximum atomic E-state index is 11.5. The molecule has 2 heterocycles. The van der Waals surface area contributed by atoms with E-state index in [0.717, 1.165) is 18.8 Å². The van der Waals surface area contributed by atoms with E-state index in [1.165, 1.54) is 0 Å². The summed E-state index contributed by atoms with van der Waals surface area (Å²) in [6.45, 7) is 3.53. The maximum Gasteiger partial charge on any atom is 0.226 e. The van der Waals surface area contributed by atoms with Crippen molar-refractivity contribution in [3.8, 4) is 0 Å². The third-order valence-electron chi connectivity index (χ3n) is 2.50. The zero-order valence-electron chi connectivity index (χ0n) is 8.08. The quantitative estimate of drug-likeness (QED) is 0.624. The number of carbonyl (C=O) groups excluding carboxylic acids is 1. The van der Waals surface area contributed by atoms with Gasteiger partial charge in [0.2, 0.25) is 5.91 Å². The fourth-order valence-electron chi connectivity index (χ4n) is 1.39. The van der Waals surface area contributed by atoms with E-state index < -0.39 is 0 Å². The second kappa shape index (κ2) is 3.79. The Morgan fingerprint density at radius 3 is 3.00 bits per heavy atom. The predicted octanol–water partition coefficient (Wildman–Crippen LogP) is -0.194. The predicted molar refractivity (Wildman–Crippen MR) is 51.5 cm³/mol. The van der Waals surface area contributed by atoms with Crippen LogP contribution < -0.4 is 10.6 Å². The van der Waals surface area contributed by atoms with Gasteiger partial charge in [-0.05, 0) is 13.0 Å². The van der Waals surface area contributed by atoms with Gasteiger partial charge in [0.05, 0.1) is 17.7 Å². The smallest absolute Gasteiger partial charge is 0.226 e. The number of nitrogens with zero attached hydrogens (tertiary/aromatic N) is 1. The second-order valence-electron chi connectivity index (χ2n) is 3.60. The maximum absolute atomic E-state index is 11.5. The van der Waals surface area contributed by atoms with E-state index >= 15 is 0 Å². The fourth-order valence-corrected chi connectivity index (χ4v) is 1.39. The molecule has 14 heavy (non-hydrogen) atoms. The van der Waals surface area contributed by atoms with Gasteiger partial charge in [-0.25, -0.2) is 0 Å². The summed E-state index contributed by atoms with van der Waals surface area (Å²) in [5.41, 5.74) is 0.936. The van der Waals surface area contributed by atoms with Crippen molar-refractivity contribution in [2.45, 2.75) is 13.0 Å². The number of hydrogen-bond donors (Lipinski definition) is 3. The summed E-state index contributed by atoms with van der Waals surface area (Å²) < 4.78 is 0. The van der Waals surface area contributed by atoms with Crippen LogP contribution in [-0.4, -0.2) is 29.2 Å². The number of nitrogens with one attached hydrogen (secondary N) is 3. The Morgan fingerprint density at radius 1 is 1.71 bits per heavy atom. The number of H-pyrrole nitrogens is 1. The van der Waals surface area contributed by atoms with Crippen molar-refractivity contribution < 1.29 is 4.79 Å². The number of hydrogen-bond acceptors (Lipinski definition) is 3. The van der Waals surface area contributed by atoms with E-state index in [1.807, 2.05) is 13.0 Å².